The van der Waals surface area contributed by atoms with E-state index in [0.29, 0.717) is 12.8 Å². The van der Waals surface area contributed by atoms with Crippen LogP contribution in [-0.2, 0) is 16.0 Å². The Labute approximate surface area is 146 Å². The van der Waals surface area contributed by atoms with E-state index in [1.54, 1.807) is 11.3 Å². The molecule has 1 spiro atoms. The zero-order valence-corrected chi connectivity index (χ0v) is 14.6. The van der Waals surface area contributed by atoms with Crippen molar-refractivity contribution in [1.82, 2.24) is 4.90 Å². The Balaban J connectivity index is 1.33. The Morgan fingerprint density at radius 2 is 2.25 bits per heavy atom. The van der Waals surface area contributed by atoms with Crippen LogP contribution in [-0.4, -0.2) is 37.1 Å². The second-order valence-corrected chi connectivity index (χ2v) is 7.91. The van der Waals surface area contributed by atoms with E-state index in [1.807, 2.05) is 28.5 Å². The summed E-state index contributed by atoms with van der Waals surface area (Å²) in [5.74, 6) is 2.03. The molecule has 2 aromatic heterocycles. The van der Waals surface area contributed by atoms with Crippen molar-refractivity contribution >= 4 is 17.2 Å². The molecule has 2 aliphatic heterocycles. The summed E-state index contributed by atoms with van der Waals surface area (Å²) in [7, 11) is 0. The molecular weight excluding hydrogens is 322 g/mol. The third-order valence-corrected chi connectivity index (χ3v) is 6.09. The van der Waals surface area contributed by atoms with Crippen LogP contribution in [0.1, 0.15) is 31.4 Å². The molecule has 1 atom stereocenters. The fourth-order valence-corrected chi connectivity index (χ4v) is 4.53. The molecule has 0 aromatic carbocycles. The van der Waals surface area contributed by atoms with Crippen LogP contribution >= 0.6 is 11.3 Å². The van der Waals surface area contributed by atoms with Gasteiger partial charge in [0.05, 0.1) is 11.5 Å². The summed E-state index contributed by atoms with van der Waals surface area (Å²) in [6.07, 6.45) is 4.58. The standard InChI is InChI=1S/C19H23NO3S/c21-18(20-10-2-8-19(13-20)9-11-22-14-19)7-5-15-4-6-16(23-15)17-3-1-12-24-17/h1,3-4,6,12H,2,5,7-11,13-14H2/t19-/m0/s1. The molecule has 0 N–H and O–H groups in total. The second-order valence-electron chi connectivity index (χ2n) is 6.96. The van der Waals surface area contributed by atoms with Crippen molar-refractivity contribution in [2.75, 3.05) is 26.3 Å². The predicted molar refractivity (Wildman–Crippen MR) is 94.0 cm³/mol. The highest BCUT2D eigenvalue weighted by molar-refractivity contribution is 7.13. The van der Waals surface area contributed by atoms with Gasteiger partial charge in [-0.05, 0) is 42.8 Å². The van der Waals surface area contributed by atoms with Gasteiger partial charge in [0, 0.05) is 38.0 Å². The minimum absolute atomic E-state index is 0.227. The van der Waals surface area contributed by atoms with E-state index in [0.717, 1.165) is 55.5 Å². The lowest BCUT2D eigenvalue weighted by molar-refractivity contribution is -0.134. The third kappa shape index (κ3) is 3.28. The zero-order valence-electron chi connectivity index (χ0n) is 13.8. The fourth-order valence-electron chi connectivity index (χ4n) is 3.84. The van der Waals surface area contributed by atoms with E-state index < -0.39 is 0 Å². The van der Waals surface area contributed by atoms with Crippen LogP contribution < -0.4 is 0 Å². The maximum Gasteiger partial charge on any atom is 0.223 e. The molecule has 2 fully saturated rings. The van der Waals surface area contributed by atoms with Gasteiger partial charge in [-0.2, -0.15) is 0 Å². The van der Waals surface area contributed by atoms with Crippen LogP contribution in [0.2, 0.25) is 0 Å². The number of likely N-dealkylation sites (tertiary alicyclic amines) is 1. The topological polar surface area (TPSA) is 42.7 Å². The summed E-state index contributed by atoms with van der Waals surface area (Å²) in [6.45, 7) is 3.42. The summed E-state index contributed by atoms with van der Waals surface area (Å²) >= 11 is 1.67. The quantitative estimate of drug-likeness (QED) is 0.842. The normalized spacial score (nSPS) is 23.9. The molecule has 5 heteroatoms. The highest BCUT2D eigenvalue weighted by Gasteiger charge is 2.40. The molecular formula is C19H23NO3S. The van der Waals surface area contributed by atoms with Crippen LogP contribution in [0.25, 0.3) is 10.6 Å². The number of carbonyl (C=O) groups is 1. The summed E-state index contributed by atoms with van der Waals surface area (Å²) in [5.41, 5.74) is 0.227. The summed E-state index contributed by atoms with van der Waals surface area (Å²) in [4.78, 5) is 15.8. The SMILES string of the molecule is O=C(CCc1ccc(-c2cccs2)o1)N1CCC[C@]2(CCOC2)C1. The first kappa shape index (κ1) is 15.9. The minimum Gasteiger partial charge on any atom is -0.460 e. The largest absolute Gasteiger partial charge is 0.460 e. The van der Waals surface area contributed by atoms with Crippen LogP contribution in [0.4, 0.5) is 0 Å². The lowest BCUT2D eigenvalue weighted by atomic mass is 9.79. The molecule has 0 unspecified atom stereocenters. The molecule has 0 saturated carbocycles. The van der Waals surface area contributed by atoms with Crippen molar-refractivity contribution in [2.24, 2.45) is 5.41 Å². The number of nitrogens with zero attached hydrogens (tertiary/aromatic N) is 1. The van der Waals surface area contributed by atoms with Crippen molar-refractivity contribution in [3.05, 3.63) is 35.4 Å². The van der Waals surface area contributed by atoms with Gasteiger partial charge in [0.2, 0.25) is 5.91 Å². The summed E-state index contributed by atoms with van der Waals surface area (Å²) < 4.78 is 11.5. The smallest absolute Gasteiger partial charge is 0.223 e. The molecule has 4 rings (SSSR count). The number of amides is 1. The van der Waals surface area contributed by atoms with Crippen molar-refractivity contribution in [1.29, 1.82) is 0 Å². The van der Waals surface area contributed by atoms with Gasteiger partial charge in [-0.1, -0.05) is 6.07 Å². The Morgan fingerprint density at radius 1 is 1.29 bits per heavy atom. The van der Waals surface area contributed by atoms with E-state index in [-0.39, 0.29) is 11.3 Å². The van der Waals surface area contributed by atoms with Gasteiger partial charge in [-0.3, -0.25) is 4.79 Å². The molecule has 2 saturated heterocycles. The average Bonchev–Trinajstić information content (AvgIpc) is 3.34. The third-order valence-electron chi connectivity index (χ3n) is 5.21. The molecule has 1 amide bonds. The minimum atomic E-state index is 0.227. The number of hydrogen-bond acceptors (Lipinski definition) is 4. The fraction of sp³-hybridized carbons (Fsp3) is 0.526. The molecule has 2 aromatic rings. The monoisotopic (exact) mass is 345 g/mol. The van der Waals surface area contributed by atoms with Gasteiger partial charge in [0.15, 0.2) is 0 Å². The lowest BCUT2D eigenvalue weighted by Gasteiger charge is -2.39. The van der Waals surface area contributed by atoms with Gasteiger partial charge < -0.3 is 14.1 Å². The number of carbonyl (C=O) groups excluding carboxylic acids is 1. The first-order valence-electron chi connectivity index (χ1n) is 8.72. The number of furan rings is 1. The van der Waals surface area contributed by atoms with Gasteiger partial charge >= 0.3 is 0 Å². The molecule has 4 nitrogen and oxygen atoms in total. The van der Waals surface area contributed by atoms with E-state index in [9.17, 15) is 4.79 Å². The molecule has 4 heterocycles. The number of thiophene rings is 1. The van der Waals surface area contributed by atoms with Crippen molar-refractivity contribution < 1.29 is 13.9 Å². The number of rotatable bonds is 4. The highest BCUT2D eigenvalue weighted by atomic mass is 32.1. The molecule has 0 bridgehead atoms. The molecule has 128 valence electrons. The Morgan fingerprint density at radius 3 is 3.04 bits per heavy atom. The second kappa shape index (κ2) is 6.73. The molecule has 0 aliphatic carbocycles. The Kier molecular flexibility index (Phi) is 4.46. The van der Waals surface area contributed by atoms with Gasteiger partial charge in [-0.15, -0.1) is 11.3 Å². The molecule has 24 heavy (non-hydrogen) atoms. The van der Waals surface area contributed by atoms with E-state index in [1.165, 1.54) is 6.42 Å². The van der Waals surface area contributed by atoms with Gasteiger partial charge in [0.25, 0.3) is 0 Å². The van der Waals surface area contributed by atoms with Crippen molar-refractivity contribution in [2.45, 2.75) is 32.1 Å². The predicted octanol–water partition coefficient (Wildman–Crippen LogP) is 3.97. The van der Waals surface area contributed by atoms with E-state index in [4.69, 9.17) is 9.15 Å². The summed E-state index contributed by atoms with van der Waals surface area (Å²) in [5, 5.41) is 2.04. The first-order valence-corrected chi connectivity index (χ1v) is 9.60. The van der Waals surface area contributed by atoms with E-state index >= 15 is 0 Å². The highest BCUT2D eigenvalue weighted by Crippen LogP contribution is 2.37. The average molecular weight is 345 g/mol. The number of ether oxygens (including phenoxy) is 1. The Hall–Kier alpha value is -1.59. The van der Waals surface area contributed by atoms with Crippen LogP contribution in [0, 0.1) is 5.41 Å². The maximum absolute atomic E-state index is 12.6. The first-order chi connectivity index (χ1) is 11.7. The van der Waals surface area contributed by atoms with Crippen LogP contribution in [0.5, 0.6) is 0 Å². The van der Waals surface area contributed by atoms with Gasteiger partial charge in [0.1, 0.15) is 11.5 Å². The number of aryl methyl sites for hydroxylation is 1. The van der Waals surface area contributed by atoms with Crippen LogP contribution in [0.15, 0.2) is 34.1 Å². The maximum atomic E-state index is 12.6. The molecule has 2 aliphatic rings. The zero-order chi connectivity index (χ0) is 16.4. The van der Waals surface area contributed by atoms with Crippen LogP contribution in [0.3, 0.4) is 0 Å². The molecule has 0 radical (unpaired) electrons. The number of piperidine rings is 1. The van der Waals surface area contributed by atoms with Gasteiger partial charge in [-0.25, -0.2) is 0 Å². The number of hydrogen-bond donors (Lipinski definition) is 0. The summed E-state index contributed by atoms with van der Waals surface area (Å²) in [6, 6.07) is 8.06. The van der Waals surface area contributed by atoms with E-state index in [2.05, 4.69) is 6.07 Å². The van der Waals surface area contributed by atoms with Crippen molar-refractivity contribution in [3.8, 4) is 10.6 Å². The lowest BCUT2D eigenvalue weighted by Crippen LogP contribution is -2.46. The van der Waals surface area contributed by atoms with Crippen molar-refractivity contribution in [3.63, 3.8) is 0 Å². The Bertz CT molecular complexity index is 685.